The Labute approximate surface area is 133 Å². The molecule has 0 saturated heterocycles. The van der Waals surface area contributed by atoms with Gasteiger partial charge in [0.1, 0.15) is 5.82 Å². The van der Waals surface area contributed by atoms with Gasteiger partial charge in [-0.1, -0.05) is 18.2 Å². The Morgan fingerprint density at radius 2 is 2.00 bits per heavy atom. The van der Waals surface area contributed by atoms with E-state index in [4.69, 9.17) is 4.42 Å². The molecule has 2 amide bonds. The number of amides is 2. The third-order valence-corrected chi connectivity index (χ3v) is 3.75. The summed E-state index contributed by atoms with van der Waals surface area (Å²) in [4.78, 5) is 25.8. The summed E-state index contributed by atoms with van der Waals surface area (Å²) in [6, 6.07) is 9.66. The van der Waals surface area contributed by atoms with Crippen LogP contribution in [-0.2, 0) is 11.3 Å². The van der Waals surface area contributed by atoms with Gasteiger partial charge in [-0.2, -0.15) is 0 Å². The van der Waals surface area contributed by atoms with Gasteiger partial charge in [0.2, 0.25) is 5.91 Å². The average Bonchev–Trinajstić information content (AvgIpc) is 3.24. The van der Waals surface area contributed by atoms with Crippen molar-refractivity contribution < 1.29 is 18.4 Å². The fraction of sp³-hybridized carbons (Fsp3) is 0.294. The molecule has 1 heterocycles. The van der Waals surface area contributed by atoms with Crippen LogP contribution in [0.5, 0.6) is 0 Å². The first kappa shape index (κ1) is 15.3. The maximum absolute atomic E-state index is 13.8. The van der Waals surface area contributed by atoms with Crippen LogP contribution in [-0.4, -0.2) is 29.3 Å². The third kappa shape index (κ3) is 3.77. The molecule has 1 aliphatic rings. The van der Waals surface area contributed by atoms with Gasteiger partial charge in [0, 0.05) is 18.2 Å². The summed E-state index contributed by atoms with van der Waals surface area (Å²) in [6.45, 7) is 0.0806. The fourth-order valence-electron chi connectivity index (χ4n) is 2.37. The van der Waals surface area contributed by atoms with Crippen LogP contribution in [0.3, 0.4) is 0 Å². The first-order valence-electron chi connectivity index (χ1n) is 7.49. The Balaban J connectivity index is 1.61. The normalized spacial score (nSPS) is 13.6. The topological polar surface area (TPSA) is 62.6 Å². The zero-order chi connectivity index (χ0) is 16.2. The third-order valence-electron chi connectivity index (χ3n) is 3.75. The lowest BCUT2D eigenvalue weighted by molar-refractivity contribution is -0.131. The fourth-order valence-corrected chi connectivity index (χ4v) is 2.37. The number of rotatable bonds is 6. The van der Waals surface area contributed by atoms with Crippen molar-refractivity contribution in [1.82, 2.24) is 10.2 Å². The Hall–Kier alpha value is -2.63. The number of carbonyl (C=O) groups is 2. The van der Waals surface area contributed by atoms with Crippen molar-refractivity contribution in [2.75, 3.05) is 6.54 Å². The highest BCUT2D eigenvalue weighted by atomic mass is 19.1. The highest BCUT2D eigenvalue weighted by Gasteiger charge is 2.33. The molecule has 0 spiro atoms. The molecule has 1 aliphatic carbocycles. The zero-order valence-corrected chi connectivity index (χ0v) is 12.5. The highest BCUT2D eigenvalue weighted by Crippen LogP contribution is 2.28. The van der Waals surface area contributed by atoms with Crippen molar-refractivity contribution in [2.24, 2.45) is 0 Å². The molecular formula is C17H17FN2O3. The first-order valence-corrected chi connectivity index (χ1v) is 7.49. The summed E-state index contributed by atoms with van der Waals surface area (Å²) in [7, 11) is 0. The van der Waals surface area contributed by atoms with Gasteiger partial charge in [0.15, 0.2) is 5.76 Å². The van der Waals surface area contributed by atoms with Gasteiger partial charge in [-0.05, 0) is 31.0 Å². The van der Waals surface area contributed by atoms with Crippen molar-refractivity contribution in [3.05, 3.63) is 59.8 Å². The summed E-state index contributed by atoms with van der Waals surface area (Å²) in [5.41, 5.74) is 0.477. The predicted octanol–water partition coefficient (Wildman–Crippen LogP) is 2.34. The molecular weight excluding hydrogens is 299 g/mol. The second-order valence-corrected chi connectivity index (χ2v) is 5.50. The average molecular weight is 316 g/mol. The Kier molecular flexibility index (Phi) is 4.41. The molecule has 3 rings (SSSR count). The van der Waals surface area contributed by atoms with E-state index in [-0.39, 0.29) is 36.6 Å². The van der Waals surface area contributed by atoms with E-state index in [0.717, 1.165) is 12.8 Å². The molecule has 2 aromatic rings. The van der Waals surface area contributed by atoms with Crippen molar-refractivity contribution in [3.8, 4) is 0 Å². The standard InChI is InChI=1S/C17H17FN2O3/c18-14-5-2-1-4-12(14)11-20(13-7-8-13)16(21)10-19-17(22)15-6-3-9-23-15/h1-6,9,13H,7-8,10-11H2,(H,19,22). The molecule has 1 aromatic carbocycles. The van der Waals surface area contributed by atoms with E-state index in [1.54, 1.807) is 29.2 Å². The molecule has 1 fully saturated rings. The summed E-state index contributed by atoms with van der Waals surface area (Å²) >= 11 is 0. The van der Waals surface area contributed by atoms with Crippen LogP contribution in [0, 0.1) is 5.82 Å². The summed E-state index contributed by atoms with van der Waals surface area (Å²) in [6.07, 6.45) is 3.21. The van der Waals surface area contributed by atoms with E-state index >= 15 is 0 Å². The van der Waals surface area contributed by atoms with Crippen LogP contribution >= 0.6 is 0 Å². The smallest absolute Gasteiger partial charge is 0.287 e. The maximum atomic E-state index is 13.8. The Bertz CT molecular complexity index is 696. The molecule has 120 valence electrons. The Morgan fingerprint density at radius 3 is 2.65 bits per heavy atom. The number of hydrogen-bond acceptors (Lipinski definition) is 3. The van der Waals surface area contributed by atoms with E-state index in [0.29, 0.717) is 5.56 Å². The Morgan fingerprint density at radius 1 is 1.22 bits per heavy atom. The molecule has 0 atom stereocenters. The van der Waals surface area contributed by atoms with E-state index in [1.807, 2.05) is 0 Å². The van der Waals surface area contributed by atoms with Crippen LogP contribution in [0.4, 0.5) is 4.39 Å². The van der Waals surface area contributed by atoms with E-state index < -0.39 is 5.91 Å². The SMILES string of the molecule is O=C(NCC(=O)N(Cc1ccccc1F)C1CC1)c1ccco1. The van der Waals surface area contributed by atoms with Gasteiger partial charge in [-0.3, -0.25) is 9.59 Å². The minimum absolute atomic E-state index is 0.127. The molecule has 23 heavy (non-hydrogen) atoms. The maximum Gasteiger partial charge on any atom is 0.287 e. The summed E-state index contributed by atoms with van der Waals surface area (Å²) < 4.78 is 18.7. The number of hydrogen-bond donors (Lipinski definition) is 1. The van der Waals surface area contributed by atoms with Crippen LogP contribution in [0.15, 0.2) is 47.1 Å². The summed E-state index contributed by atoms with van der Waals surface area (Å²) in [5, 5.41) is 2.53. The van der Waals surface area contributed by atoms with Gasteiger partial charge in [-0.15, -0.1) is 0 Å². The predicted molar refractivity (Wildman–Crippen MR) is 81.0 cm³/mol. The van der Waals surface area contributed by atoms with Crippen LogP contribution in [0.1, 0.15) is 29.0 Å². The largest absolute Gasteiger partial charge is 0.459 e. The molecule has 0 radical (unpaired) electrons. The minimum atomic E-state index is -0.440. The van der Waals surface area contributed by atoms with E-state index in [1.165, 1.54) is 18.4 Å². The molecule has 0 unspecified atom stereocenters. The second-order valence-electron chi connectivity index (χ2n) is 5.50. The number of nitrogens with one attached hydrogen (secondary N) is 1. The zero-order valence-electron chi connectivity index (χ0n) is 12.5. The van der Waals surface area contributed by atoms with Crippen molar-refractivity contribution >= 4 is 11.8 Å². The van der Waals surface area contributed by atoms with E-state index in [2.05, 4.69) is 5.32 Å². The van der Waals surface area contributed by atoms with Gasteiger partial charge in [0.05, 0.1) is 12.8 Å². The molecule has 1 saturated carbocycles. The number of benzene rings is 1. The molecule has 1 aromatic heterocycles. The molecule has 0 bridgehead atoms. The highest BCUT2D eigenvalue weighted by molar-refractivity contribution is 5.94. The lowest BCUT2D eigenvalue weighted by Gasteiger charge is -2.23. The first-order chi connectivity index (χ1) is 11.1. The number of carbonyl (C=O) groups excluding carboxylic acids is 2. The van der Waals surface area contributed by atoms with Crippen LogP contribution < -0.4 is 5.32 Å². The summed E-state index contributed by atoms with van der Waals surface area (Å²) in [5.74, 6) is -0.837. The van der Waals surface area contributed by atoms with Crippen LogP contribution in [0.25, 0.3) is 0 Å². The number of halogens is 1. The molecule has 0 aliphatic heterocycles. The van der Waals surface area contributed by atoms with Crippen molar-refractivity contribution in [3.63, 3.8) is 0 Å². The number of nitrogens with zero attached hydrogens (tertiary/aromatic N) is 1. The van der Waals surface area contributed by atoms with Crippen molar-refractivity contribution in [1.29, 1.82) is 0 Å². The van der Waals surface area contributed by atoms with E-state index in [9.17, 15) is 14.0 Å². The molecule has 6 heteroatoms. The van der Waals surface area contributed by atoms with Gasteiger partial charge >= 0.3 is 0 Å². The lowest BCUT2D eigenvalue weighted by atomic mass is 10.2. The monoisotopic (exact) mass is 316 g/mol. The van der Waals surface area contributed by atoms with Crippen LogP contribution in [0.2, 0.25) is 0 Å². The lowest BCUT2D eigenvalue weighted by Crippen LogP contribution is -2.41. The quantitative estimate of drug-likeness (QED) is 0.890. The van der Waals surface area contributed by atoms with Crippen molar-refractivity contribution in [2.45, 2.75) is 25.4 Å². The molecule has 1 N–H and O–H groups in total. The molecule has 5 nitrogen and oxygen atoms in total. The number of furan rings is 1. The van der Waals surface area contributed by atoms with Gasteiger partial charge in [-0.25, -0.2) is 4.39 Å². The minimum Gasteiger partial charge on any atom is -0.459 e. The second kappa shape index (κ2) is 6.64. The van der Waals surface area contributed by atoms with Gasteiger partial charge < -0.3 is 14.6 Å². The van der Waals surface area contributed by atoms with Gasteiger partial charge in [0.25, 0.3) is 5.91 Å².